The quantitative estimate of drug-likeness (QED) is 0.657. The molecule has 0 spiro atoms. The van der Waals surface area contributed by atoms with Crippen LogP contribution in [0.2, 0.25) is 5.02 Å². The molecule has 27 heavy (non-hydrogen) atoms. The molecule has 2 rings (SSSR count). The zero-order valence-corrected chi connectivity index (χ0v) is 16.5. The second-order valence-electron chi connectivity index (χ2n) is 5.15. The lowest BCUT2D eigenvalue weighted by atomic mass is 10.2. The molecule has 0 unspecified atom stereocenters. The van der Waals surface area contributed by atoms with E-state index >= 15 is 0 Å². The molecule has 9 nitrogen and oxygen atoms in total. The molecule has 0 aliphatic heterocycles. The zero-order valence-electron chi connectivity index (χ0n) is 14.1. The maximum atomic E-state index is 12.6. The number of rotatable bonds is 6. The van der Waals surface area contributed by atoms with E-state index in [-0.39, 0.29) is 26.9 Å². The Labute approximate surface area is 161 Å². The van der Waals surface area contributed by atoms with E-state index in [2.05, 4.69) is 9.46 Å². The van der Waals surface area contributed by atoms with Crippen LogP contribution in [0.3, 0.4) is 0 Å². The molecule has 146 valence electrons. The van der Waals surface area contributed by atoms with E-state index in [9.17, 15) is 21.6 Å². The monoisotopic (exact) mass is 434 g/mol. The first-order valence-corrected chi connectivity index (χ1v) is 10.5. The molecule has 0 saturated carbocycles. The average Bonchev–Trinajstić information content (AvgIpc) is 2.60. The molecule has 0 aromatic heterocycles. The van der Waals surface area contributed by atoms with Crippen LogP contribution in [0.1, 0.15) is 10.4 Å². The fourth-order valence-corrected chi connectivity index (χ4v) is 4.43. The van der Waals surface area contributed by atoms with Crippen molar-refractivity contribution in [3.05, 3.63) is 47.0 Å². The summed E-state index contributed by atoms with van der Waals surface area (Å²) in [5.41, 5.74) is -0.124. The van der Waals surface area contributed by atoms with Gasteiger partial charge < -0.3 is 9.47 Å². The molecule has 0 aliphatic rings. The van der Waals surface area contributed by atoms with Gasteiger partial charge in [-0.25, -0.2) is 26.8 Å². The number of anilines is 1. The minimum atomic E-state index is -4.26. The standard InChI is InChI=1S/C15H15ClN2O7S2/c1-24-12-6-4-10(8-14(12)26(17,20)21)18-27(22,23)13-7-9(15(19)25-2)3-5-11(13)16/h3-8,18H,1-2H3,(H2,17,20,21). The molecule has 3 N–H and O–H groups in total. The van der Waals surface area contributed by atoms with Crippen LogP contribution in [0.5, 0.6) is 5.75 Å². The summed E-state index contributed by atoms with van der Waals surface area (Å²) < 4.78 is 60.2. The number of hydrogen-bond donors (Lipinski definition) is 2. The lowest BCUT2D eigenvalue weighted by Gasteiger charge is -2.13. The SMILES string of the molecule is COC(=O)c1ccc(Cl)c(S(=O)(=O)Nc2ccc(OC)c(S(N)(=O)=O)c2)c1. The fourth-order valence-electron chi connectivity index (χ4n) is 2.13. The van der Waals surface area contributed by atoms with Crippen molar-refractivity contribution >= 4 is 43.3 Å². The minimum Gasteiger partial charge on any atom is -0.495 e. The van der Waals surface area contributed by atoms with Gasteiger partial charge in [-0.15, -0.1) is 0 Å². The highest BCUT2D eigenvalue weighted by Gasteiger charge is 2.22. The molecule has 0 amide bonds. The molecule has 0 bridgehead atoms. The zero-order chi connectivity index (χ0) is 20.4. The molecular formula is C15H15ClN2O7S2. The van der Waals surface area contributed by atoms with Crippen LogP contribution in [-0.4, -0.2) is 37.0 Å². The summed E-state index contributed by atoms with van der Waals surface area (Å²) in [6.07, 6.45) is 0. The van der Waals surface area contributed by atoms with Crippen molar-refractivity contribution in [2.24, 2.45) is 5.14 Å². The number of sulfonamides is 2. The van der Waals surface area contributed by atoms with Gasteiger partial charge in [0.25, 0.3) is 10.0 Å². The number of methoxy groups -OCH3 is 2. The molecule has 0 aliphatic carbocycles. The summed E-state index contributed by atoms with van der Waals surface area (Å²) in [5.74, 6) is -0.796. The van der Waals surface area contributed by atoms with E-state index in [1.165, 1.54) is 31.4 Å². The van der Waals surface area contributed by atoms with Gasteiger partial charge in [0, 0.05) is 0 Å². The minimum absolute atomic E-state index is 0.0257. The first-order chi connectivity index (χ1) is 12.5. The summed E-state index contributed by atoms with van der Waals surface area (Å²) in [6, 6.07) is 7.10. The topological polar surface area (TPSA) is 142 Å². The van der Waals surface area contributed by atoms with Gasteiger partial charge in [0.05, 0.1) is 30.5 Å². The van der Waals surface area contributed by atoms with E-state index in [4.69, 9.17) is 21.5 Å². The second-order valence-corrected chi connectivity index (χ2v) is 8.74. The smallest absolute Gasteiger partial charge is 0.337 e. The van der Waals surface area contributed by atoms with Gasteiger partial charge in [-0.05, 0) is 36.4 Å². The third-order valence-corrected chi connectivity index (χ3v) is 6.16. The Morgan fingerprint density at radius 3 is 2.26 bits per heavy atom. The van der Waals surface area contributed by atoms with Crippen molar-refractivity contribution in [2.75, 3.05) is 18.9 Å². The Morgan fingerprint density at radius 2 is 1.70 bits per heavy atom. The number of nitrogens with two attached hydrogens (primary N) is 1. The van der Waals surface area contributed by atoms with Gasteiger partial charge in [-0.1, -0.05) is 11.6 Å². The van der Waals surface area contributed by atoms with E-state index in [0.717, 1.165) is 19.2 Å². The van der Waals surface area contributed by atoms with Gasteiger partial charge in [-0.2, -0.15) is 0 Å². The normalized spacial score (nSPS) is 11.7. The van der Waals surface area contributed by atoms with Crippen molar-refractivity contribution in [2.45, 2.75) is 9.79 Å². The largest absolute Gasteiger partial charge is 0.495 e. The number of benzene rings is 2. The molecule has 0 heterocycles. The van der Waals surface area contributed by atoms with Crippen LogP contribution >= 0.6 is 11.6 Å². The number of carbonyl (C=O) groups is 1. The number of carbonyl (C=O) groups excluding carboxylic acids is 1. The first kappa shape index (κ1) is 21.0. The average molecular weight is 435 g/mol. The highest BCUT2D eigenvalue weighted by Crippen LogP contribution is 2.29. The highest BCUT2D eigenvalue weighted by atomic mass is 35.5. The molecule has 2 aromatic carbocycles. The maximum Gasteiger partial charge on any atom is 0.337 e. The molecule has 0 atom stereocenters. The maximum absolute atomic E-state index is 12.6. The van der Waals surface area contributed by atoms with Gasteiger partial charge in [-0.3, -0.25) is 4.72 Å². The van der Waals surface area contributed by atoms with E-state index in [0.29, 0.717) is 0 Å². The third kappa shape index (κ3) is 4.69. The molecular weight excluding hydrogens is 420 g/mol. The Balaban J connectivity index is 2.50. The fraction of sp³-hybridized carbons (Fsp3) is 0.133. The number of nitrogens with one attached hydrogen (secondary N) is 1. The highest BCUT2D eigenvalue weighted by molar-refractivity contribution is 7.93. The summed E-state index contributed by atoms with van der Waals surface area (Å²) in [5, 5.41) is 4.97. The van der Waals surface area contributed by atoms with Crippen molar-refractivity contribution in [3.8, 4) is 5.75 Å². The van der Waals surface area contributed by atoms with Gasteiger partial charge in [0.15, 0.2) is 0 Å². The van der Waals surface area contributed by atoms with Crippen molar-refractivity contribution in [3.63, 3.8) is 0 Å². The Kier molecular flexibility index (Phi) is 6.00. The van der Waals surface area contributed by atoms with Crippen LogP contribution in [0.25, 0.3) is 0 Å². The Bertz CT molecular complexity index is 1100. The molecule has 0 radical (unpaired) electrons. The van der Waals surface area contributed by atoms with Gasteiger partial charge >= 0.3 is 5.97 Å². The number of halogens is 1. The van der Waals surface area contributed by atoms with E-state index in [1.807, 2.05) is 0 Å². The van der Waals surface area contributed by atoms with Crippen molar-refractivity contribution < 1.29 is 31.1 Å². The van der Waals surface area contributed by atoms with Crippen molar-refractivity contribution in [1.29, 1.82) is 0 Å². The Hall–Kier alpha value is -2.34. The number of ether oxygens (including phenoxy) is 2. The van der Waals surface area contributed by atoms with Crippen LogP contribution in [0, 0.1) is 0 Å². The van der Waals surface area contributed by atoms with Gasteiger partial charge in [0.1, 0.15) is 15.5 Å². The summed E-state index contributed by atoms with van der Waals surface area (Å²) in [4.78, 5) is 10.8. The van der Waals surface area contributed by atoms with E-state index in [1.54, 1.807) is 0 Å². The Morgan fingerprint density at radius 1 is 1.04 bits per heavy atom. The summed E-state index contributed by atoms with van der Waals surface area (Å²) >= 11 is 5.94. The number of primary sulfonamides is 1. The predicted molar refractivity (Wildman–Crippen MR) is 98.0 cm³/mol. The van der Waals surface area contributed by atoms with Crippen LogP contribution < -0.4 is 14.6 Å². The predicted octanol–water partition coefficient (Wildman–Crippen LogP) is 1.58. The van der Waals surface area contributed by atoms with Crippen LogP contribution in [0.4, 0.5) is 5.69 Å². The van der Waals surface area contributed by atoms with Crippen LogP contribution in [-0.2, 0) is 24.8 Å². The molecule has 0 fully saturated rings. The van der Waals surface area contributed by atoms with Crippen LogP contribution in [0.15, 0.2) is 46.2 Å². The van der Waals surface area contributed by atoms with Crippen molar-refractivity contribution in [1.82, 2.24) is 0 Å². The molecule has 12 heteroatoms. The lowest BCUT2D eigenvalue weighted by molar-refractivity contribution is 0.0600. The summed E-state index contributed by atoms with van der Waals surface area (Å²) in [7, 11) is -6.03. The third-order valence-electron chi connectivity index (χ3n) is 3.36. The first-order valence-electron chi connectivity index (χ1n) is 7.11. The van der Waals surface area contributed by atoms with E-state index < -0.39 is 30.9 Å². The lowest BCUT2D eigenvalue weighted by Crippen LogP contribution is -2.17. The second kappa shape index (κ2) is 7.72. The molecule has 0 saturated heterocycles. The number of esters is 1. The van der Waals surface area contributed by atoms with Gasteiger partial charge in [0.2, 0.25) is 10.0 Å². The number of hydrogen-bond acceptors (Lipinski definition) is 7. The summed E-state index contributed by atoms with van der Waals surface area (Å²) in [6.45, 7) is 0. The molecule has 2 aromatic rings.